The summed E-state index contributed by atoms with van der Waals surface area (Å²) < 4.78 is 0. The molecule has 0 radical (unpaired) electrons. The fraction of sp³-hybridized carbons (Fsp3) is 0.280. The minimum atomic E-state index is 0.0152. The number of rotatable bonds is 6. The molecule has 1 aliphatic rings. The lowest BCUT2D eigenvalue weighted by Gasteiger charge is -2.35. The Kier molecular flexibility index (Phi) is 6.36. The van der Waals surface area contributed by atoms with Crippen LogP contribution < -0.4 is 4.90 Å². The summed E-state index contributed by atoms with van der Waals surface area (Å²) in [6, 6.07) is 19.3. The molecular weight excluding hydrogens is 388 g/mol. The third-order valence-electron chi connectivity index (χ3n) is 5.57. The van der Waals surface area contributed by atoms with Crippen LogP contribution in [-0.4, -0.2) is 52.7 Å². The van der Waals surface area contributed by atoms with Crippen LogP contribution in [0.25, 0.3) is 11.4 Å². The van der Waals surface area contributed by atoms with E-state index in [0.717, 1.165) is 16.9 Å². The molecule has 0 unspecified atom stereocenters. The smallest absolute Gasteiger partial charge is 0.223 e. The largest absolute Gasteiger partial charge is 0.353 e. The van der Waals surface area contributed by atoms with Crippen molar-refractivity contribution in [3.8, 4) is 11.4 Å². The van der Waals surface area contributed by atoms with Crippen molar-refractivity contribution in [2.75, 3.05) is 31.1 Å². The van der Waals surface area contributed by atoms with Crippen LogP contribution in [0.5, 0.6) is 0 Å². The Balaban J connectivity index is 1.30. The van der Waals surface area contributed by atoms with E-state index in [0.29, 0.717) is 37.6 Å². The van der Waals surface area contributed by atoms with E-state index in [1.165, 1.54) is 0 Å². The number of Topliss-reactive ketones (excluding diaryl/α,β-unsaturated/α-hetero) is 1. The Morgan fingerprint density at radius 1 is 0.871 bits per heavy atom. The lowest BCUT2D eigenvalue weighted by atomic mass is 10.0. The van der Waals surface area contributed by atoms with Gasteiger partial charge in [0, 0.05) is 56.3 Å². The fourth-order valence-corrected chi connectivity index (χ4v) is 3.70. The Bertz CT molecular complexity index is 1040. The van der Waals surface area contributed by atoms with E-state index in [1.54, 1.807) is 6.20 Å². The molecule has 0 bridgehead atoms. The number of hydrogen-bond acceptors (Lipinski definition) is 5. The van der Waals surface area contributed by atoms with Gasteiger partial charge in [0.05, 0.1) is 0 Å². The summed E-state index contributed by atoms with van der Waals surface area (Å²) >= 11 is 0. The highest BCUT2D eigenvalue weighted by Gasteiger charge is 2.22. The Hall–Kier alpha value is -3.54. The average molecular weight is 415 g/mol. The number of benzene rings is 2. The van der Waals surface area contributed by atoms with Gasteiger partial charge in [0.25, 0.3) is 0 Å². The van der Waals surface area contributed by atoms with Gasteiger partial charge < -0.3 is 9.80 Å². The summed E-state index contributed by atoms with van der Waals surface area (Å²) in [4.78, 5) is 38.0. The molecule has 31 heavy (non-hydrogen) atoms. The van der Waals surface area contributed by atoms with Crippen LogP contribution in [0.1, 0.15) is 28.8 Å². The Labute approximate surface area is 182 Å². The van der Waals surface area contributed by atoms with Gasteiger partial charge in [0.15, 0.2) is 11.6 Å². The second kappa shape index (κ2) is 9.51. The molecular formula is C25H26N4O2. The Morgan fingerprint density at radius 3 is 2.29 bits per heavy atom. The highest BCUT2D eigenvalue weighted by atomic mass is 16.2. The van der Waals surface area contributed by atoms with Crippen molar-refractivity contribution >= 4 is 17.5 Å². The molecule has 0 aliphatic carbocycles. The zero-order chi connectivity index (χ0) is 21.6. The van der Waals surface area contributed by atoms with Gasteiger partial charge in [0.1, 0.15) is 5.82 Å². The minimum absolute atomic E-state index is 0.0152. The van der Waals surface area contributed by atoms with Gasteiger partial charge in [0.2, 0.25) is 5.91 Å². The quantitative estimate of drug-likeness (QED) is 0.575. The summed E-state index contributed by atoms with van der Waals surface area (Å²) in [5.41, 5.74) is 2.77. The third kappa shape index (κ3) is 5.15. The summed E-state index contributed by atoms with van der Waals surface area (Å²) in [6.45, 7) is 4.66. The molecule has 2 aromatic carbocycles. The van der Waals surface area contributed by atoms with Gasteiger partial charge in [-0.15, -0.1) is 0 Å². The maximum atomic E-state index is 12.6. The lowest BCUT2D eigenvalue weighted by molar-refractivity contribution is -0.131. The normalized spacial score (nSPS) is 13.8. The van der Waals surface area contributed by atoms with Gasteiger partial charge in [-0.1, -0.05) is 60.2 Å². The monoisotopic (exact) mass is 414 g/mol. The molecule has 4 rings (SSSR count). The molecule has 158 valence electrons. The fourth-order valence-electron chi connectivity index (χ4n) is 3.70. The summed E-state index contributed by atoms with van der Waals surface area (Å²) in [6.07, 6.45) is 2.27. The molecule has 6 heteroatoms. The van der Waals surface area contributed by atoms with Crippen LogP contribution in [0.4, 0.5) is 5.82 Å². The van der Waals surface area contributed by atoms with Crippen LogP contribution in [0.3, 0.4) is 0 Å². The van der Waals surface area contributed by atoms with Crippen molar-refractivity contribution in [2.45, 2.75) is 19.8 Å². The molecule has 1 amide bonds. The lowest BCUT2D eigenvalue weighted by Crippen LogP contribution is -2.49. The standard InChI is InChI=1S/C25H26N4O2/c1-19-7-9-20(10-8-19)22(30)11-12-24(31)29-17-15-28(16-18-29)23-13-14-26-25(27-23)21-5-3-2-4-6-21/h2-10,13-14H,11-12,15-18H2,1H3. The molecule has 1 saturated heterocycles. The van der Waals surface area contributed by atoms with Crippen molar-refractivity contribution in [3.63, 3.8) is 0 Å². The second-order valence-corrected chi connectivity index (χ2v) is 7.76. The van der Waals surface area contributed by atoms with Crippen LogP contribution in [0.2, 0.25) is 0 Å². The highest BCUT2D eigenvalue weighted by Crippen LogP contribution is 2.19. The number of anilines is 1. The number of piperazine rings is 1. The molecule has 0 spiro atoms. The first kappa shape index (κ1) is 20.7. The number of aryl methyl sites for hydroxylation is 1. The van der Waals surface area contributed by atoms with E-state index in [1.807, 2.05) is 72.5 Å². The molecule has 1 aliphatic heterocycles. The number of hydrogen-bond donors (Lipinski definition) is 0. The van der Waals surface area contributed by atoms with Crippen LogP contribution in [0.15, 0.2) is 66.9 Å². The van der Waals surface area contributed by atoms with Crippen LogP contribution in [-0.2, 0) is 4.79 Å². The van der Waals surface area contributed by atoms with E-state index in [4.69, 9.17) is 4.98 Å². The molecule has 0 atom stereocenters. The number of nitrogens with zero attached hydrogens (tertiary/aromatic N) is 4. The van der Waals surface area contributed by atoms with E-state index < -0.39 is 0 Å². The van der Waals surface area contributed by atoms with E-state index in [-0.39, 0.29) is 24.5 Å². The SMILES string of the molecule is Cc1ccc(C(=O)CCC(=O)N2CCN(c3ccnc(-c4ccccc4)n3)CC2)cc1. The number of ketones is 1. The zero-order valence-electron chi connectivity index (χ0n) is 17.7. The topological polar surface area (TPSA) is 66.4 Å². The first-order chi connectivity index (χ1) is 15.1. The van der Waals surface area contributed by atoms with Crippen molar-refractivity contribution in [1.29, 1.82) is 0 Å². The molecule has 0 saturated carbocycles. The van der Waals surface area contributed by atoms with Crippen molar-refractivity contribution < 1.29 is 9.59 Å². The predicted molar refractivity (Wildman–Crippen MR) is 121 cm³/mol. The van der Waals surface area contributed by atoms with Gasteiger partial charge in [-0.25, -0.2) is 9.97 Å². The third-order valence-corrected chi connectivity index (χ3v) is 5.57. The van der Waals surface area contributed by atoms with Gasteiger partial charge in [-0.05, 0) is 13.0 Å². The summed E-state index contributed by atoms with van der Waals surface area (Å²) in [5, 5.41) is 0. The highest BCUT2D eigenvalue weighted by molar-refractivity contribution is 5.98. The number of aromatic nitrogens is 2. The molecule has 1 aromatic heterocycles. The molecule has 1 fully saturated rings. The molecule has 6 nitrogen and oxygen atoms in total. The minimum Gasteiger partial charge on any atom is -0.353 e. The number of amides is 1. The van der Waals surface area contributed by atoms with Crippen LogP contribution >= 0.6 is 0 Å². The second-order valence-electron chi connectivity index (χ2n) is 7.76. The number of carbonyl (C=O) groups is 2. The predicted octanol–water partition coefficient (Wildman–Crippen LogP) is 3.76. The maximum absolute atomic E-state index is 12.6. The zero-order valence-corrected chi connectivity index (χ0v) is 17.7. The summed E-state index contributed by atoms with van der Waals surface area (Å²) in [7, 11) is 0. The van der Waals surface area contributed by atoms with Gasteiger partial charge >= 0.3 is 0 Å². The van der Waals surface area contributed by atoms with Gasteiger partial charge in [-0.2, -0.15) is 0 Å². The van der Waals surface area contributed by atoms with Crippen molar-refractivity contribution in [3.05, 3.63) is 78.0 Å². The first-order valence-corrected chi connectivity index (χ1v) is 10.6. The number of carbonyl (C=O) groups excluding carboxylic acids is 2. The average Bonchev–Trinajstić information content (AvgIpc) is 2.83. The van der Waals surface area contributed by atoms with Crippen molar-refractivity contribution in [1.82, 2.24) is 14.9 Å². The molecule has 3 aromatic rings. The molecule has 0 N–H and O–H groups in total. The van der Waals surface area contributed by atoms with Crippen LogP contribution in [0, 0.1) is 6.92 Å². The Morgan fingerprint density at radius 2 is 1.58 bits per heavy atom. The van der Waals surface area contributed by atoms with Crippen molar-refractivity contribution in [2.24, 2.45) is 0 Å². The van der Waals surface area contributed by atoms with E-state index in [2.05, 4.69) is 9.88 Å². The first-order valence-electron chi connectivity index (χ1n) is 10.6. The van der Waals surface area contributed by atoms with E-state index in [9.17, 15) is 9.59 Å². The van der Waals surface area contributed by atoms with E-state index >= 15 is 0 Å². The molecule has 2 heterocycles. The maximum Gasteiger partial charge on any atom is 0.223 e. The van der Waals surface area contributed by atoms with Gasteiger partial charge in [-0.3, -0.25) is 9.59 Å². The summed E-state index contributed by atoms with van der Waals surface area (Å²) in [5.74, 6) is 1.62.